The van der Waals surface area contributed by atoms with Gasteiger partial charge in [-0.2, -0.15) is 0 Å². The van der Waals surface area contributed by atoms with Crippen LogP contribution in [0.3, 0.4) is 0 Å². The third-order valence-electron chi connectivity index (χ3n) is 3.56. The van der Waals surface area contributed by atoms with Crippen molar-refractivity contribution in [1.29, 1.82) is 0 Å². The van der Waals surface area contributed by atoms with Gasteiger partial charge in [-0.05, 0) is 17.7 Å². The minimum atomic E-state index is 0.552. The molecule has 0 unspecified atom stereocenters. The molecule has 1 aliphatic heterocycles. The molecule has 1 saturated heterocycles. The Morgan fingerprint density at radius 3 is 2.79 bits per heavy atom. The Labute approximate surface area is 109 Å². The van der Waals surface area contributed by atoms with Gasteiger partial charge in [0.25, 0.3) is 0 Å². The second-order valence-electron chi connectivity index (χ2n) is 4.68. The number of nitrogens with one attached hydrogen (secondary N) is 1. The quantitative estimate of drug-likeness (QED) is 0.745. The molecule has 0 aliphatic carbocycles. The van der Waals surface area contributed by atoms with Crippen LogP contribution in [0.15, 0.2) is 37.2 Å². The maximum absolute atomic E-state index is 4.36. The number of aromatic nitrogens is 5. The summed E-state index contributed by atoms with van der Waals surface area (Å²) in [5.74, 6) is 1.49. The zero-order valence-corrected chi connectivity index (χ0v) is 10.2. The molecule has 3 aromatic heterocycles. The van der Waals surface area contributed by atoms with Gasteiger partial charge in [-0.3, -0.25) is 4.98 Å². The lowest BCUT2D eigenvalue weighted by Gasteiger charge is -2.40. The molecule has 0 bridgehead atoms. The maximum Gasteiger partial charge on any atom is 0.182 e. The van der Waals surface area contributed by atoms with Crippen LogP contribution < -0.4 is 4.90 Å². The summed E-state index contributed by atoms with van der Waals surface area (Å²) >= 11 is 0. The number of pyridine rings is 1. The number of H-pyrrole nitrogens is 1. The van der Waals surface area contributed by atoms with Gasteiger partial charge in [0, 0.05) is 31.4 Å². The third kappa shape index (κ3) is 1.64. The fourth-order valence-electron chi connectivity index (χ4n) is 2.49. The molecule has 0 saturated carbocycles. The van der Waals surface area contributed by atoms with Gasteiger partial charge in [0.2, 0.25) is 0 Å². The van der Waals surface area contributed by atoms with E-state index in [0.29, 0.717) is 5.92 Å². The molecule has 0 spiro atoms. The number of hydrogen-bond donors (Lipinski definition) is 1. The van der Waals surface area contributed by atoms with E-state index in [-0.39, 0.29) is 0 Å². The van der Waals surface area contributed by atoms with E-state index in [2.05, 4.69) is 42.0 Å². The summed E-state index contributed by atoms with van der Waals surface area (Å²) in [7, 11) is 0. The van der Waals surface area contributed by atoms with Crippen molar-refractivity contribution >= 4 is 17.0 Å². The highest BCUT2D eigenvalue weighted by molar-refractivity contribution is 5.83. The van der Waals surface area contributed by atoms with Crippen molar-refractivity contribution < 1.29 is 0 Å². The predicted octanol–water partition coefficient (Wildman–Crippen LogP) is 1.35. The number of hydrogen-bond acceptors (Lipinski definition) is 5. The topological polar surface area (TPSA) is 70.6 Å². The van der Waals surface area contributed by atoms with Gasteiger partial charge in [0.1, 0.15) is 11.8 Å². The number of fused-ring (bicyclic) bond motifs is 1. The van der Waals surface area contributed by atoms with Crippen molar-refractivity contribution in [3.8, 4) is 0 Å². The van der Waals surface area contributed by atoms with Crippen molar-refractivity contribution in [2.75, 3.05) is 18.0 Å². The molecular formula is C13H12N6. The van der Waals surface area contributed by atoms with E-state index in [1.807, 2.05) is 12.4 Å². The fraction of sp³-hybridized carbons (Fsp3) is 0.231. The minimum Gasteiger partial charge on any atom is -0.353 e. The Hall–Kier alpha value is -2.50. The molecule has 0 aromatic carbocycles. The van der Waals surface area contributed by atoms with Gasteiger partial charge >= 0.3 is 0 Å². The van der Waals surface area contributed by atoms with E-state index < -0.39 is 0 Å². The highest BCUT2D eigenvalue weighted by Gasteiger charge is 2.30. The van der Waals surface area contributed by atoms with Gasteiger partial charge in [-0.25, -0.2) is 15.0 Å². The predicted molar refractivity (Wildman–Crippen MR) is 70.9 cm³/mol. The SMILES string of the molecule is c1cc(C2CN(c3ncnc4nc[nH]c34)C2)ccn1. The molecule has 4 heterocycles. The molecule has 19 heavy (non-hydrogen) atoms. The zero-order valence-electron chi connectivity index (χ0n) is 10.2. The molecule has 6 nitrogen and oxygen atoms in total. The second kappa shape index (κ2) is 4.01. The standard InChI is InChI=1S/C13H12N6/c1-3-14-4-2-9(1)10-5-19(6-10)13-11-12(16-7-15-11)17-8-18-13/h1-4,7-8,10H,5-6H2,(H,15,16,17,18). The highest BCUT2D eigenvalue weighted by atomic mass is 15.3. The summed E-state index contributed by atoms with van der Waals surface area (Å²) in [6.07, 6.45) is 6.91. The molecule has 3 aromatic rings. The normalized spacial score (nSPS) is 15.7. The molecule has 1 N–H and O–H groups in total. The number of imidazole rings is 1. The molecular weight excluding hydrogens is 240 g/mol. The van der Waals surface area contributed by atoms with Gasteiger partial charge < -0.3 is 9.88 Å². The van der Waals surface area contributed by atoms with Crippen molar-refractivity contribution in [1.82, 2.24) is 24.9 Å². The number of nitrogens with zero attached hydrogens (tertiary/aromatic N) is 5. The summed E-state index contributed by atoms with van der Waals surface area (Å²) < 4.78 is 0. The first-order valence-electron chi connectivity index (χ1n) is 6.21. The third-order valence-corrected chi connectivity index (χ3v) is 3.56. The Morgan fingerprint density at radius 2 is 1.95 bits per heavy atom. The highest BCUT2D eigenvalue weighted by Crippen LogP contribution is 2.32. The number of anilines is 1. The monoisotopic (exact) mass is 252 g/mol. The van der Waals surface area contributed by atoms with Gasteiger partial charge in [0.15, 0.2) is 11.5 Å². The fourth-order valence-corrected chi connectivity index (χ4v) is 2.49. The summed E-state index contributed by atoms with van der Waals surface area (Å²) in [5.41, 5.74) is 2.97. The zero-order chi connectivity index (χ0) is 12.7. The van der Waals surface area contributed by atoms with Crippen LogP contribution in [0.5, 0.6) is 0 Å². The van der Waals surface area contributed by atoms with Crippen molar-refractivity contribution in [3.05, 3.63) is 42.7 Å². The second-order valence-corrected chi connectivity index (χ2v) is 4.68. The first-order chi connectivity index (χ1) is 9.42. The molecule has 0 amide bonds. The lowest BCUT2D eigenvalue weighted by molar-refractivity contribution is 0.520. The molecule has 0 atom stereocenters. The Bertz CT molecular complexity index is 701. The van der Waals surface area contributed by atoms with E-state index in [1.165, 1.54) is 5.56 Å². The lowest BCUT2D eigenvalue weighted by Crippen LogP contribution is -2.45. The summed E-state index contributed by atoms with van der Waals surface area (Å²) in [6.45, 7) is 1.93. The molecule has 0 radical (unpaired) electrons. The molecule has 1 fully saturated rings. The van der Waals surface area contributed by atoms with E-state index in [9.17, 15) is 0 Å². The van der Waals surface area contributed by atoms with E-state index in [4.69, 9.17) is 0 Å². The van der Waals surface area contributed by atoms with Gasteiger partial charge in [-0.1, -0.05) is 0 Å². The summed E-state index contributed by atoms with van der Waals surface area (Å²) in [6, 6.07) is 4.15. The van der Waals surface area contributed by atoms with Gasteiger partial charge in [0.05, 0.1) is 6.33 Å². The number of aromatic amines is 1. The smallest absolute Gasteiger partial charge is 0.182 e. The first kappa shape index (κ1) is 10.4. The van der Waals surface area contributed by atoms with E-state index in [1.54, 1.807) is 12.7 Å². The minimum absolute atomic E-state index is 0.552. The average molecular weight is 252 g/mol. The first-order valence-corrected chi connectivity index (χ1v) is 6.21. The largest absolute Gasteiger partial charge is 0.353 e. The van der Waals surface area contributed by atoms with Gasteiger partial charge in [-0.15, -0.1) is 0 Å². The number of rotatable bonds is 2. The Balaban J connectivity index is 1.59. The average Bonchev–Trinajstić information content (AvgIpc) is 2.87. The van der Waals surface area contributed by atoms with Crippen LogP contribution in [-0.4, -0.2) is 38.0 Å². The van der Waals surface area contributed by atoms with Crippen molar-refractivity contribution in [2.24, 2.45) is 0 Å². The lowest BCUT2D eigenvalue weighted by atomic mass is 9.92. The summed E-state index contributed by atoms with van der Waals surface area (Å²) in [4.78, 5) is 22.0. The Kier molecular flexibility index (Phi) is 2.20. The molecule has 1 aliphatic rings. The molecule has 6 heteroatoms. The van der Waals surface area contributed by atoms with Crippen LogP contribution in [0.2, 0.25) is 0 Å². The maximum atomic E-state index is 4.36. The summed E-state index contributed by atoms with van der Waals surface area (Å²) in [5, 5.41) is 0. The van der Waals surface area contributed by atoms with Crippen LogP contribution >= 0.6 is 0 Å². The van der Waals surface area contributed by atoms with Crippen LogP contribution in [-0.2, 0) is 0 Å². The van der Waals surface area contributed by atoms with Crippen LogP contribution in [0.25, 0.3) is 11.2 Å². The molecule has 94 valence electrons. The van der Waals surface area contributed by atoms with Crippen LogP contribution in [0, 0.1) is 0 Å². The van der Waals surface area contributed by atoms with Crippen LogP contribution in [0.1, 0.15) is 11.5 Å². The Morgan fingerprint density at radius 1 is 1.11 bits per heavy atom. The van der Waals surface area contributed by atoms with E-state index >= 15 is 0 Å². The van der Waals surface area contributed by atoms with E-state index in [0.717, 1.165) is 30.1 Å². The van der Waals surface area contributed by atoms with Crippen LogP contribution in [0.4, 0.5) is 5.82 Å². The van der Waals surface area contributed by atoms with Crippen molar-refractivity contribution in [2.45, 2.75) is 5.92 Å². The molecule has 4 rings (SSSR count). The van der Waals surface area contributed by atoms with Crippen molar-refractivity contribution in [3.63, 3.8) is 0 Å².